The van der Waals surface area contributed by atoms with Crippen LogP contribution in [0.5, 0.6) is 11.5 Å². The fourth-order valence-corrected chi connectivity index (χ4v) is 4.75. The lowest BCUT2D eigenvalue weighted by Crippen LogP contribution is -2.26. The lowest BCUT2D eigenvalue weighted by Gasteiger charge is -2.21. The topological polar surface area (TPSA) is 51.7 Å². The van der Waals surface area contributed by atoms with Gasteiger partial charge in [-0.3, -0.25) is 9.69 Å². The van der Waals surface area contributed by atoms with E-state index in [2.05, 4.69) is 20.9 Å². The second-order valence-electron chi connectivity index (χ2n) is 6.92. The minimum absolute atomic E-state index is 0.273. The molecule has 0 aliphatic carbocycles. The van der Waals surface area contributed by atoms with Crippen molar-refractivity contribution in [3.8, 4) is 22.8 Å². The van der Waals surface area contributed by atoms with Crippen molar-refractivity contribution < 1.29 is 18.7 Å². The van der Waals surface area contributed by atoms with Crippen molar-refractivity contribution in [3.05, 3.63) is 88.0 Å². The largest absolute Gasteiger partial charge is 0.492 e. The molecule has 33 heavy (non-hydrogen) atoms. The van der Waals surface area contributed by atoms with Crippen LogP contribution in [0.3, 0.4) is 0 Å². The van der Waals surface area contributed by atoms with Gasteiger partial charge in [0.1, 0.15) is 5.82 Å². The van der Waals surface area contributed by atoms with Crippen molar-refractivity contribution in [1.82, 2.24) is 4.98 Å². The molecule has 0 fully saturated rings. The Kier molecular flexibility index (Phi) is 7.05. The Morgan fingerprint density at radius 3 is 2.52 bits per heavy atom. The number of para-hydroxylation sites is 1. The molecule has 0 N–H and O–H groups in total. The second kappa shape index (κ2) is 10.1. The van der Waals surface area contributed by atoms with Gasteiger partial charge >= 0.3 is 0 Å². The molecule has 0 atom stereocenters. The standard InChI is InChI=1S/C25H20BrFN2O3S/c1-3-32-22-14-17(13-20(26)23(22)31-2)24(30)29(19-7-5-4-6-8-19)25-28-21(15-33-25)16-9-11-18(27)12-10-16/h4-15H,3H2,1-2H3. The molecule has 3 aromatic carbocycles. The molecular weight excluding hydrogens is 507 g/mol. The molecule has 1 amide bonds. The van der Waals surface area contributed by atoms with Crippen LogP contribution in [0.25, 0.3) is 11.3 Å². The zero-order valence-corrected chi connectivity index (χ0v) is 20.3. The number of methoxy groups -OCH3 is 1. The highest BCUT2D eigenvalue weighted by Gasteiger charge is 2.25. The number of hydrogen-bond donors (Lipinski definition) is 0. The number of nitrogens with zero attached hydrogens (tertiary/aromatic N) is 2. The van der Waals surface area contributed by atoms with Crippen molar-refractivity contribution in [2.75, 3.05) is 18.6 Å². The molecule has 168 valence electrons. The maximum Gasteiger partial charge on any atom is 0.264 e. The third kappa shape index (κ3) is 4.91. The number of rotatable bonds is 7. The highest BCUT2D eigenvalue weighted by atomic mass is 79.9. The molecular formula is C25H20BrFN2O3S. The first kappa shape index (κ1) is 22.9. The van der Waals surface area contributed by atoms with Crippen LogP contribution in [-0.4, -0.2) is 24.6 Å². The summed E-state index contributed by atoms with van der Waals surface area (Å²) in [6, 6.07) is 18.8. The highest BCUT2D eigenvalue weighted by molar-refractivity contribution is 9.10. The molecule has 0 saturated heterocycles. The third-order valence-corrected chi connectivity index (χ3v) is 6.22. The molecule has 4 rings (SSSR count). The Hall–Kier alpha value is -3.23. The molecule has 4 aromatic rings. The van der Waals surface area contributed by atoms with E-state index in [0.29, 0.717) is 44.7 Å². The van der Waals surface area contributed by atoms with E-state index in [1.54, 1.807) is 36.3 Å². The Labute approximate surface area is 203 Å². The Bertz CT molecular complexity index is 1260. The summed E-state index contributed by atoms with van der Waals surface area (Å²) in [5.74, 6) is 0.403. The molecule has 1 heterocycles. The predicted molar refractivity (Wildman–Crippen MR) is 132 cm³/mol. The first-order valence-corrected chi connectivity index (χ1v) is 11.8. The fraction of sp³-hybridized carbons (Fsp3) is 0.120. The van der Waals surface area contributed by atoms with E-state index < -0.39 is 0 Å². The lowest BCUT2D eigenvalue weighted by molar-refractivity contribution is 0.0998. The summed E-state index contributed by atoms with van der Waals surface area (Å²) in [6.45, 7) is 2.29. The van der Waals surface area contributed by atoms with Crippen LogP contribution in [0.15, 0.2) is 76.6 Å². The summed E-state index contributed by atoms with van der Waals surface area (Å²) in [7, 11) is 1.55. The van der Waals surface area contributed by atoms with Gasteiger partial charge in [-0.05, 0) is 71.4 Å². The summed E-state index contributed by atoms with van der Waals surface area (Å²) < 4.78 is 25.1. The van der Waals surface area contributed by atoms with Crippen LogP contribution in [0.2, 0.25) is 0 Å². The van der Waals surface area contributed by atoms with Gasteiger partial charge in [-0.2, -0.15) is 0 Å². The number of ether oxygens (including phenoxy) is 2. The van der Waals surface area contributed by atoms with E-state index in [1.165, 1.54) is 23.5 Å². The number of hydrogen-bond acceptors (Lipinski definition) is 5. The predicted octanol–water partition coefficient (Wildman–Crippen LogP) is 7.10. The number of benzene rings is 3. The van der Waals surface area contributed by atoms with Crippen molar-refractivity contribution in [1.29, 1.82) is 0 Å². The van der Waals surface area contributed by atoms with E-state index in [4.69, 9.17) is 9.47 Å². The van der Waals surface area contributed by atoms with Gasteiger partial charge in [0, 0.05) is 16.5 Å². The second-order valence-corrected chi connectivity index (χ2v) is 8.61. The van der Waals surface area contributed by atoms with Crippen LogP contribution in [0.1, 0.15) is 17.3 Å². The van der Waals surface area contributed by atoms with Crippen molar-refractivity contribution in [2.45, 2.75) is 6.92 Å². The summed E-state index contributed by atoms with van der Waals surface area (Å²) in [6.07, 6.45) is 0. The number of halogens is 2. The summed E-state index contributed by atoms with van der Waals surface area (Å²) in [4.78, 5) is 20.0. The molecule has 0 saturated carbocycles. The van der Waals surface area contributed by atoms with Crippen LogP contribution >= 0.6 is 27.3 Å². The number of aromatic nitrogens is 1. The number of carbonyl (C=O) groups is 1. The summed E-state index contributed by atoms with van der Waals surface area (Å²) in [5, 5.41) is 2.34. The van der Waals surface area contributed by atoms with Crippen LogP contribution in [-0.2, 0) is 0 Å². The molecule has 0 unspecified atom stereocenters. The molecule has 0 radical (unpaired) electrons. The zero-order chi connectivity index (χ0) is 23.4. The maximum absolute atomic E-state index is 13.8. The van der Waals surface area contributed by atoms with Crippen LogP contribution in [0, 0.1) is 5.82 Å². The minimum atomic E-state index is -0.314. The van der Waals surface area contributed by atoms with Crippen LogP contribution < -0.4 is 14.4 Å². The minimum Gasteiger partial charge on any atom is -0.492 e. The number of anilines is 2. The van der Waals surface area contributed by atoms with Gasteiger partial charge in [0.25, 0.3) is 5.91 Å². The lowest BCUT2D eigenvalue weighted by atomic mass is 10.1. The first-order valence-electron chi connectivity index (χ1n) is 10.1. The van der Waals surface area contributed by atoms with E-state index in [9.17, 15) is 9.18 Å². The van der Waals surface area contributed by atoms with Crippen molar-refractivity contribution in [2.24, 2.45) is 0 Å². The average molecular weight is 527 g/mol. The quantitative estimate of drug-likeness (QED) is 0.257. The Morgan fingerprint density at radius 2 is 1.85 bits per heavy atom. The van der Waals surface area contributed by atoms with Crippen LogP contribution in [0.4, 0.5) is 15.2 Å². The van der Waals surface area contributed by atoms with Gasteiger partial charge in [-0.1, -0.05) is 18.2 Å². The van der Waals surface area contributed by atoms with Gasteiger partial charge in [0.15, 0.2) is 16.6 Å². The van der Waals surface area contributed by atoms with Gasteiger partial charge in [-0.15, -0.1) is 11.3 Å². The molecule has 0 aliphatic heterocycles. The smallest absolute Gasteiger partial charge is 0.264 e. The fourth-order valence-electron chi connectivity index (χ4n) is 3.29. The Morgan fingerprint density at radius 1 is 1.12 bits per heavy atom. The van der Waals surface area contributed by atoms with E-state index >= 15 is 0 Å². The van der Waals surface area contributed by atoms with E-state index in [-0.39, 0.29) is 11.7 Å². The molecule has 0 aliphatic rings. The van der Waals surface area contributed by atoms with Gasteiger partial charge in [0.05, 0.1) is 29.6 Å². The molecule has 0 spiro atoms. The summed E-state index contributed by atoms with van der Waals surface area (Å²) in [5.41, 5.74) is 2.51. The molecule has 8 heteroatoms. The number of amides is 1. The highest BCUT2D eigenvalue weighted by Crippen LogP contribution is 2.39. The van der Waals surface area contributed by atoms with Crippen molar-refractivity contribution >= 4 is 44.0 Å². The van der Waals surface area contributed by atoms with Gasteiger partial charge in [0.2, 0.25) is 0 Å². The normalized spacial score (nSPS) is 10.7. The number of thiazole rings is 1. The van der Waals surface area contributed by atoms with E-state index in [0.717, 1.165) is 5.56 Å². The molecule has 5 nitrogen and oxygen atoms in total. The average Bonchev–Trinajstić information content (AvgIpc) is 3.30. The SMILES string of the molecule is CCOc1cc(C(=O)N(c2ccccc2)c2nc(-c3ccc(F)cc3)cs2)cc(Br)c1OC. The van der Waals surface area contributed by atoms with Gasteiger partial charge in [-0.25, -0.2) is 9.37 Å². The summed E-state index contributed by atoms with van der Waals surface area (Å²) >= 11 is 4.81. The zero-order valence-electron chi connectivity index (χ0n) is 17.9. The molecule has 1 aromatic heterocycles. The molecule has 0 bridgehead atoms. The maximum atomic E-state index is 13.8. The monoisotopic (exact) mass is 526 g/mol. The van der Waals surface area contributed by atoms with E-state index in [1.807, 2.05) is 42.6 Å². The first-order chi connectivity index (χ1) is 16.0. The van der Waals surface area contributed by atoms with Gasteiger partial charge < -0.3 is 9.47 Å². The number of carbonyl (C=O) groups excluding carboxylic acids is 1. The van der Waals surface area contributed by atoms with Crippen molar-refractivity contribution in [3.63, 3.8) is 0 Å². The Balaban J connectivity index is 1.78. The third-order valence-electron chi connectivity index (χ3n) is 4.80.